The molecule has 8 heteroatoms. The Morgan fingerprint density at radius 2 is 1.69 bits per heavy atom. The van der Waals surface area contributed by atoms with Crippen LogP contribution in [-0.2, 0) is 12.6 Å². The minimum absolute atomic E-state index is 0.183. The Labute approximate surface area is 207 Å². The number of benzene rings is 2. The smallest absolute Gasteiger partial charge is 0.190 e. The van der Waals surface area contributed by atoms with Gasteiger partial charge in [0.25, 0.3) is 0 Å². The third kappa shape index (κ3) is 3.22. The molecule has 2 N–H and O–H groups in total. The van der Waals surface area contributed by atoms with Gasteiger partial charge in [-0.2, -0.15) is 0 Å². The normalized spacial score (nSPS) is 14.8. The van der Waals surface area contributed by atoms with Crippen LogP contribution < -0.4 is 5.73 Å². The maximum Gasteiger partial charge on any atom is 0.190 e. The molecule has 0 radical (unpaired) electrons. The lowest BCUT2D eigenvalue weighted by Crippen LogP contribution is -2.43. The number of aryl methyl sites for hydroxylation is 1. The second kappa shape index (κ2) is 7.79. The van der Waals surface area contributed by atoms with E-state index in [1.54, 1.807) is 4.68 Å². The van der Waals surface area contributed by atoms with Gasteiger partial charge in [-0.1, -0.05) is 59.8 Å². The largest absolute Gasteiger partial charge is 0.321 e. The molecule has 1 fully saturated rings. The van der Waals surface area contributed by atoms with E-state index in [1.165, 1.54) is 12.0 Å². The number of rotatable bonds is 4. The first-order valence-corrected chi connectivity index (χ1v) is 12.1. The van der Waals surface area contributed by atoms with Gasteiger partial charge >= 0.3 is 0 Å². The van der Waals surface area contributed by atoms with Crippen molar-refractivity contribution in [3.05, 3.63) is 84.7 Å². The highest BCUT2D eigenvalue weighted by Crippen LogP contribution is 2.40. The van der Waals surface area contributed by atoms with Crippen molar-refractivity contribution in [1.29, 1.82) is 0 Å². The van der Waals surface area contributed by atoms with E-state index in [-0.39, 0.29) is 5.54 Å². The van der Waals surface area contributed by atoms with Crippen LogP contribution in [0.25, 0.3) is 50.5 Å². The van der Waals surface area contributed by atoms with Crippen molar-refractivity contribution in [2.75, 3.05) is 0 Å². The van der Waals surface area contributed by atoms with Crippen LogP contribution in [0.15, 0.2) is 79.1 Å². The predicted octanol–water partition coefficient (Wildman–Crippen LogP) is 4.74. The Bertz CT molecular complexity index is 1730. The summed E-state index contributed by atoms with van der Waals surface area (Å²) in [6.45, 7) is 0. The van der Waals surface area contributed by atoms with Gasteiger partial charge in [0, 0.05) is 35.3 Å². The summed E-state index contributed by atoms with van der Waals surface area (Å²) in [5, 5.41) is 18.1. The lowest BCUT2D eigenvalue weighted by atomic mass is 9.72. The number of hydrogen-bond donors (Lipinski definition) is 1. The van der Waals surface area contributed by atoms with Gasteiger partial charge in [0.2, 0.25) is 0 Å². The van der Waals surface area contributed by atoms with Crippen LogP contribution in [0.2, 0.25) is 0 Å². The third-order valence-electron chi connectivity index (χ3n) is 7.27. The van der Waals surface area contributed by atoms with Crippen LogP contribution >= 0.6 is 0 Å². The Morgan fingerprint density at radius 3 is 2.39 bits per heavy atom. The van der Waals surface area contributed by atoms with Gasteiger partial charge in [-0.3, -0.25) is 9.08 Å². The molecule has 1 aliphatic rings. The summed E-state index contributed by atoms with van der Waals surface area (Å²) in [5.41, 5.74) is 14.0. The van der Waals surface area contributed by atoms with Gasteiger partial charge in [-0.05, 0) is 42.5 Å². The minimum Gasteiger partial charge on any atom is -0.321 e. The van der Waals surface area contributed by atoms with Crippen LogP contribution in [0.5, 0.6) is 0 Å². The summed E-state index contributed by atoms with van der Waals surface area (Å²) in [6, 6.07) is 23.1. The molecule has 6 aromatic rings. The third-order valence-corrected chi connectivity index (χ3v) is 7.27. The van der Waals surface area contributed by atoms with Crippen LogP contribution in [0.3, 0.4) is 0 Å². The van der Waals surface area contributed by atoms with E-state index in [0.29, 0.717) is 11.5 Å². The zero-order chi connectivity index (χ0) is 24.3. The van der Waals surface area contributed by atoms with Gasteiger partial charge in [0.1, 0.15) is 0 Å². The molecule has 2 aromatic carbocycles. The van der Waals surface area contributed by atoms with Crippen molar-refractivity contribution in [3.63, 3.8) is 0 Å². The number of hydrogen-bond acceptors (Lipinski definition) is 6. The highest BCUT2D eigenvalue weighted by atomic mass is 15.4. The molecule has 176 valence electrons. The highest BCUT2D eigenvalue weighted by molar-refractivity contribution is 5.98. The van der Waals surface area contributed by atoms with Crippen molar-refractivity contribution < 1.29 is 0 Å². The first-order valence-electron chi connectivity index (χ1n) is 12.1. The Hall–Kier alpha value is -4.43. The molecule has 36 heavy (non-hydrogen) atoms. The molecule has 1 saturated carbocycles. The quantitative estimate of drug-likeness (QED) is 0.398. The van der Waals surface area contributed by atoms with Gasteiger partial charge in [0.05, 0.1) is 17.4 Å². The zero-order valence-corrected chi connectivity index (χ0v) is 19.8. The molecule has 0 unspecified atom stereocenters. The molecule has 7 rings (SSSR count). The van der Waals surface area contributed by atoms with Gasteiger partial charge in [-0.25, -0.2) is 4.98 Å². The zero-order valence-electron chi connectivity index (χ0n) is 19.8. The van der Waals surface area contributed by atoms with Crippen LogP contribution in [-0.4, -0.2) is 34.6 Å². The molecule has 1 aliphatic carbocycles. The fourth-order valence-corrected chi connectivity index (χ4v) is 5.08. The van der Waals surface area contributed by atoms with E-state index in [4.69, 9.17) is 10.7 Å². The van der Waals surface area contributed by atoms with Crippen molar-refractivity contribution in [3.8, 4) is 33.9 Å². The summed E-state index contributed by atoms with van der Waals surface area (Å²) in [7, 11) is 1.83. The second-order valence-electron chi connectivity index (χ2n) is 9.58. The Kier molecular flexibility index (Phi) is 4.52. The SMILES string of the molecule is Cn1cc(-c2nnc3c4cc(-c5ccccc5)c(-c5ccc(C6(N)CCC6)cc5)nc4ccn23)nn1. The number of aromatic nitrogens is 7. The summed E-state index contributed by atoms with van der Waals surface area (Å²) >= 11 is 0. The number of nitrogens with two attached hydrogens (primary N) is 1. The van der Waals surface area contributed by atoms with Crippen molar-refractivity contribution >= 4 is 16.6 Å². The van der Waals surface area contributed by atoms with Crippen LogP contribution in [0.1, 0.15) is 24.8 Å². The minimum atomic E-state index is -0.183. The summed E-state index contributed by atoms with van der Waals surface area (Å²) in [6.07, 6.45) is 7.05. The Balaban J connectivity index is 1.42. The molecule has 0 atom stereocenters. The molecule has 0 bridgehead atoms. The highest BCUT2D eigenvalue weighted by Gasteiger charge is 2.34. The number of nitrogens with zero attached hydrogens (tertiary/aromatic N) is 7. The summed E-state index contributed by atoms with van der Waals surface area (Å²) in [5.74, 6) is 0.646. The van der Waals surface area contributed by atoms with Crippen LogP contribution in [0, 0.1) is 0 Å². The van der Waals surface area contributed by atoms with Gasteiger partial charge < -0.3 is 5.73 Å². The first kappa shape index (κ1) is 20.9. The average Bonchev–Trinajstić information content (AvgIpc) is 3.53. The standard InChI is InChI=1S/C28H24N8/c1-35-17-24(31-34-35)27-33-32-26-22-16-21(18-6-3-2-4-7-18)25(30-23(22)12-15-36(26)27)19-8-10-20(11-9-19)28(29)13-5-14-28/h2-4,6-12,15-17H,5,13-14,29H2,1H3. The number of pyridine rings is 2. The predicted molar refractivity (Wildman–Crippen MR) is 139 cm³/mol. The van der Waals surface area contributed by atoms with E-state index >= 15 is 0 Å². The molecule has 4 aromatic heterocycles. The molecule has 4 heterocycles. The first-order chi connectivity index (χ1) is 17.6. The molecule has 0 saturated heterocycles. The molecular weight excluding hydrogens is 448 g/mol. The fourth-order valence-electron chi connectivity index (χ4n) is 5.08. The van der Waals surface area contributed by atoms with E-state index in [2.05, 4.69) is 63.0 Å². The number of fused-ring (bicyclic) bond motifs is 3. The molecule has 0 spiro atoms. The summed E-state index contributed by atoms with van der Waals surface area (Å²) < 4.78 is 3.60. The fraction of sp³-hybridized carbons (Fsp3) is 0.179. The summed E-state index contributed by atoms with van der Waals surface area (Å²) in [4.78, 5) is 5.14. The van der Waals surface area contributed by atoms with Crippen molar-refractivity contribution in [2.45, 2.75) is 24.8 Å². The van der Waals surface area contributed by atoms with Gasteiger partial charge in [0.15, 0.2) is 17.2 Å². The lowest BCUT2D eigenvalue weighted by Gasteiger charge is -2.38. The molecule has 8 nitrogen and oxygen atoms in total. The van der Waals surface area contributed by atoms with E-state index < -0.39 is 0 Å². The van der Waals surface area contributed by atoms with E-state index in [1.807, 2.05) is 48.1 Å². The van der Waals surface area contributed by atoms with Gasteiger partial charge in [-0.15, -0.1) is 15.3 Å². The Morgan fingerprint density at radius 1 is 0.889 bits per heavy atom. The van der Waals surface area contributed by atoms with E-state index in [9.17, 15) is 0 Å². The molecule has 0 amide bonds. The average molecular weight is 473 g/mol. The topological polar surface area (TPSA) is 99.8 Å². The second-order valence-corrected chi connectivity index (χ2v) is 9.58. The molecular formula is C28H24N8. The maximum atomic E-state index is 6.57. The van der Waals surface area contributed by atoms with E-state index in [0.717, 1.165) is 51.8 Å². The molecule has 0 aliphatic heterocycles. The van der Waals surface area contributed by atoms with Crippen molar-refractivity contribution in [2.24, 2.45) is 12.8 Å². The monoisotopic (exact) mass is 472 g/mol. The lowest BCUT2D eigenvalue weighted by molar-refractivity contribution is 0.253. The van der Waals surface area contributed by atoms with Crippen molar-refractivity contribution in [1.82, 2.24) is 34.6 Å². The van der Waals surface area contributed by atoms with Crippen LogP contribution in [0.4, 0.5) is 0 Å². The maximum absolute atomic E-state index is 6.57.